The van der Waals surface area contributed by atoms with Crippen LogP contribution in [0.15, 0.2) is 12.2 Å². The van der Waals surface area contributed by atoms with E-state index in [1.165, 1.54) is 57.8 Å². The van der Waals surface area contributed by atoms with Crippen molar-refractivity contribution in [3.8, 4) is 0 Å². The molecule has 0 bridgehead atoms. The van der Waals surface area contributed by atoms with E-state index in [0.29, 0.717) is 0 Å². The van der Waals surface area contributed by atoms with Crippen molar-refractivity contribution < 1.29 is 0 Å². The van der Waals surface area contributed by atoms with Crippen molar-refractivity contribution in [2.24, 2.45) is 11.8 Å². The SMILES string of the molecule is C=C1CCCC2CCCCCCC12. The largest absolute Gasteiger partial charge is 0.0996 e. The molecule has 0 amide bonds. The molecule has 0 aromatic carbocycles. The summed E-state index contributed by atoms with van der Waals surface area (Å²) in [6, 6.07) is 0. The summed E-state index contributed by atoms with van der Waals surface area (Å²) in [4.78, 5) is 0. The van der Waals surface area contributed by atoms with E-state index in [1.54, 1.807) is 5.57 Å². The molecule has 0 aromatic heterocycles. The number of hydrogen-bond acceptors (Lipinski definition) is 0. The summed E-state index contributed by atoms with van der Waals surface area (Å²) in [7, 11) is 0. The van der Waals surface area contributed by atoms with Crippen molar-refractivity contribution in [3.63, 3.8) is 0 Å². The minimum absolute atomic E-state index is 0.911. The second kappa shape index (κ2) is 4.30. The first-order valence-electron chi connectivity index (χ1n) is 6.05. The van der Waals surface area contributed by atoms with Crippen molar-refractivity contribution in [2.45, 2.75) is 57.8 Å². The van der Waals surface area contributed by atoms with Crippen LogP contribution in [0.3, 0.4) is 0 Å². The van der Waals surface area contributed by atoms with Crippen molar-refractivity contribution >= 4 is 0 Å². The highest BCUT2D eigenvalue weighted by atomic mass is 14.3. The number of fused-ring (bicyclic) bond motifs is 1. The standard InChI is InChI=1S/C13H22/c1-11-7-6-9-12-8-4-2-3-5-10-13(11)12/h12-13H,1-10H2. The topological polar surface area (TPSA) is 0 Å². The van der Waals surface area contributed by atoms with Gasteiger partial charge in [-0.05, 0) is 43.9 Å². The van der Waals surface area contributed by atoms with Gasteiger partial charge < -0.3 is 0 Å². The molecule has 0 spiro atoms. The second-order valence-electron chi connectivity index (χ2n) is 4.91. The van der Waals surface area contributed by atoms with E-state index < -0.39 is 0 Å². The molecule has 0 aliphatic heterocycles. The van der Waals surface area contributed by atoms with Crippen LogP contribution in [0.1, 0.15) is 57.8 Å². The van der Waals surface area contributed by atoms with Gasteiger partial charge in [0.25, 0.3) is 0 Å². The molecule has 2 saturated carbocycles. The van der Waals surface area contributed by atoms with Crippen molar-refractivity contribution in [3.05, 3.63) is 12.2 Å². The smallest absolute Gasteiger partial charge is 0.0178 e. The fourth-order valence-corrected chi connectivity index (χ4v) is 3.22. The molecule has 0 radical (unpaired) electrons. The molecule has 0 saturated heterocycles. The van der Waals surface area contributed by atoms with E-state index >= 15 is 0 Å². The highest BCUT2D eigenvalue weighted by molar-refractivity contribution is 5.06. The van der Waals surface area contributed by atoms with E-state index in [2.05, 4.69) is 6.58 Å². The Morgan fingerprint density at radius 2 is 1.54 bits per heavy atom. The lowest BCUT2D eigenvalue weighted by molar-refractivity contribution is 0.245. The zero-order chi connectivity index (χ0) is 9.10. The van der Waals surface area contributed by atoms with E-state index in [-0.39, 0.29) is 0 Å². The molecular formula is C13H22. The van der Waals surface area contributed by atoms with Crippen LogP contribution < -0.4 is 0 Å². The minimum Gasteiger partial charge on any atom is -0.0996 e. The van der Waals surface area contributed by atoms with Crippen molar-refractivity contribution in [2.75, 3.05) is 0 Å². The van der Waals surface area contributed by atoms with Crippen molar-refractivity contribution in [1.82, 2.24) is 0 Å². The fourth-order valence-electron chi connectivity index (χ4n) is 3.22. The fraction of sp³-hybridized carbons (Fsp3) is 0.846. The lowest BCUT2D eigenvalue weighted by Gasteiger charge is -2.35. The summed E-state index contributed by atoms with van der Waals surface area (Å²) in [5.41, 5.74) is 1.58. The predicted molar refractivity (Wildman–Crippen MR) is 57.7 cm³/mol. The van der Waals surface area contributed by atoms with Gasteiger partial charge in [-0.3, -0.25) is 0 Å². The monoisotopic (exact) mass is 178 g/mol. The molecule has 13 heavy (non-hydrogen) atoms. The number of rotatable bonds is 0. The first kappa shape index (κ1) is 9.30. The first-order chi connectivity index (χ1) is 6.38. The Bertz CT molecular complexity index is 180. The van der Waals surface area contributed by atoms with Gasteiger partial charge in [0.15, 0.2) is 0 Å². The molecule has 0 N–H and O–H groups in total. The normalized spacial score (nSPS) is 36.2. The summed E-state index contributed by atoms with van der Waals surface area (Å²) in [5, 5.41) is 0. The zero-order valence-electron chi connectivity index (χ0n) is 8.73. The third kappa shape index (κ3) is 2.15. The van der Waals surface area contributed by atoms with Crippen LogP contribution in [-0.4, -0.2) is 0 Å². The highest BCUT2D eigenvalue weighted by Crippen LogP contribution is 2.40. The molecule has 0 heterocycles. The van der Waals surface area contributed by atoms with E-state index in [0.717, 1.165) is 11.8 Å². The summed E-state index contributed by atoms with van der Waals surface area (Å²) in [6.07, 6.45) is 13.1. The predicted octanol–water partition coefficient (Wildman–Crippen LogP) is 4.31. The van der Waals surface area contributed by atoms with Gasteiger partial charge in [0, 0.05) is 0 Å². The molecule has 2 aliphatic carbocycles. The van der Waals surface area contributed by atoms with Crippen LogP contribution >= 0.6 is 0 Å². The Labute approximate surface area is 82.4 Å². The number of hydrogen-bond donors (Lipinski definition) is 0. The lowest BCUT2D eigenvalue weighted by atomic mass is 9.71. The highest BCUT2D eigenvalue weighted by Gasteiger charge is 2.27. The van der Waals surface area contributed by atoms with E-state index in [4.69, 9.17) is 0 Å². The first-order valence-corrected chi connectivity index (χ1v) is 6.05. The Morgan fingerprint density at radius 1 is 0.846 bits per heavy atom. The second-order valence-corrected chi connectivity index (χ2v) is 4.91. The lowest BCUT2D eigenvalue weighted by Crippen LogP contribution is -2.22. The Balaban J connectivity index is 2.00. The molecule has 0 heteroatoms. The summed E-state index contributed by atoms with van der Waals surface area (Å²) in [5.74, 6) is 1.93. The van der Waals surface area contributed by atoms with Gasteiger partial charge >= 0.3 is 0 Å². The van der Waals surface area contributed by atoms with Crippen LogP contribution in [0.25, 0.3) is 0 Å². The van der Waals surface area contributed by atoms with Gasteiger partial charge in [-0.15, -0.1) is 0 Å². The van der Waals surface area contributed by atoms with Gasteiger partial charge in [-0.1, -0.05) is 37.8 Å². The van der Waals surface area contributed by atoms with Gasteiger partial charge in [0.05, 0.1) is 0 Å². The van der Waals surface area contributed by atoms with Crippen molar-refractivity contribution in [1.29, 1.82) is 0 Å². The maximum Gasteiger partial charge on any atom is -0.0178 e. The molecule has 2 unspecified atom stereocenters. The molecule has 2 atom stereocenters. The Kier molecular flexibility index (Phi) is 3.08. The maximum absolute atomic E-state index is 4.27. The molecule has 2 aliphatic rings. The molecule has 2 rings (SSSR count). The third-order valence-corrected chi connectivity index (χ3v) is 4.01. The third-order valence-electron chi connectivity index (χ3n) is 4.01. The Morgan fingerprint density at radius 3 is 2.38 bits per heavy atom. The average Bonchev–Trinajstić information content (AvgIpc) is 2.07. The average molecular weight is 178 g/mol. The molecule has 74 valence electrons. The van der Waals surface area contributed by atoms with Crippen LogP contribution in [0, 0.1) is 11.8 Å². The summed E-state index contributed by atoms with van der Waals surface area (Å²) >= 11 is 0. The zero-order valence-corrected chi connectivity index (χ0v) is 8.73. The van der Waals surface area contributed by atoms with Crippen LogP contribution in [0.5, 0.6) is 0 Å². The van der Waals surface area contributed by atoms with Crippen LogP contribution in [0.2, 0.25) is 0 Å². The Hall–Kier alpha value is -0.260. The van der Waals surface area contributed by atoms with Gasteiger partial charge in [0.2, 0.25) is 0 Å². The molecule has 2 fully saturated rings. The number of allylic oxidation sites excluding steroid dienone is 1. The molecule has 0 nitrogen and oxygen atoms in total. The van der Waals surface area contributed by atoms with Crippen LogP contribution in [0.4, 0.5) is 0 Å². The maximum atomic E-state index is 4.27. The quantitative estimate of drug-likeness (QED) is 0.485. The van der Waals surface area contributed by atoms with Gasteiger partial charge in [0.1, 0.15) is 0 Å². The molecule has 0 aromatic rings. The van der Waals surface area contributed by atoms with Gasteiger partial charge in [-0.25, -0.2) is 0 Å². The van der Waals surface area contributed by atoms with E-state index in [1.807, 2.05) is 0 Å². The summed E-state index contributed by atoms with van der Waals surface area (Å²) in [6.45, 7) is 4.27. The van der Waals surface area contributed by atoms with Gasteiger partial charge in [-0.2, -0.15) is 0 Å². The molecular weight excluding hydrogens is 156 g/mol. The van der Waals surface area contributed by atoms with Crippen LogP contribution in [-0.2, 0) is 0 Å². The van der Waals surface area contributed by atoms with E-state index in [9.17, 15) is 0 Å². The summed E-state index contributed by atoms with van der Waals surface area (Å²) < 4.78 is 0. The minimum atomic E-state index is 0.911.